The average Bonchev–Trinajstić information content (AvgIpc) is 2.61. The Morgan fingerprint density at radius 2 is 1.90 bits per heavy atom. The highest BCUT2D eigenvalue weighted by molar-refractivity contribution is 5.41. The maximum Gasteiger partial charge on any atom is 0.106 e. The van der Waals surface area contributed by atoms with Crippen molar-refractivity contribution in [3.63, 3.8) is 0 Å². The Morgan fingerprint density at radius 3 is 2.45 bits per heavy atom. The van der Waals surface area contributed by atoms with Gasteiger partial charge >= 0.3 is 0 Å². The molecule has 0 aliphatic heterocycles. The van der Waals surface area contributed by atoms with Gasteiger partial charge in [0.25, 0.3) is 0 Å². The van der Waals surface area contributed by atoms with E-state index in [1.807, 2.05) is 13.8 Å². The van der Waals surface area contributed by atoms with Crippen LogP contribution in [0, 0.1) is 20.8 Å². The first-order chi connectivity index (χ1) is 9.58. The van der Waals surface area contributed by atoms with Gasteiger partial charge in [-0.1, -0.05) is 30.7 Å². The topological polar surface area (TPSA) is 39.2 Å². The molecule has 1 unspecified atom stereocenters. The Balaban J connectivity index is 1.95. The van der Waals surface area contributed by atoms with Crippen LogP contribution in [0.5, 0.6) is 0 Å². The fourth-order valence-corrected chi connectivity index (χ4v) is 3.18. The van der Waals surface area contributed by atoms with Crippen molar-refractivity contribution in [2.24, 2.45) is 5.73 Å². The highest BCUT2D eigenvalue weighted by Gasteiger charge is 2.22. The summed E-state index contributed by atoms with van der Waals surface area (Å²) in [5.74, 6) is 2.67. The van der Waals surface area contributed by atoms with Crippen molar-refractivity contribution in [3.8, 4) is 0 Å². The SMILES string of the molecule is Cc1oc(C)c(C(N)c2cccc(C3CCC3)c2)c1C. The predicted molar refractivity (Wildman–Crippen MR) is 82.0 cm³/mol. The van der Waals surface area contributed by atoms with E-state index in [-0.39, 0.29) is 6.04 Å². The van der Waals surface area contributed by atoms with Crippen LogP contribution < -0.4 is 5.73 Å². The van der Waals surface area contributed by atoms with Crippen molar-refractivity contribution < 1.29 is 4.42 Å². The number of furan rings is 1. The molecule has 2 heteroatoms. The van der Waals surface area contributed by atoms with Crippen LogP contribution in [0.25, 0.3) is 0 Å². The molecule has 1 atom stereocenters. The van der Waals surface area contributed by atoms with Gasteiger partial charge in [-0.25, -0.2) is 0 Å². The molecule has 2 N–H and O–H groups in total. The maximum atomic E-state index is 6.50. The Hall–Kier alpha value is -1.54. The number of benzene rings is 1. The van der Waals surface area contributed by atoms with Crippen molar-refractivity contribution in [2.75, 3.05) is 0 Å². The molecular formula is C18H23NO. The van der Waals surface area contributed by atoms with E-state index in [2.05, 4.69) is 31.2 Å². The van der Waals surface area contributed by atoms with Crippen LogP contribution in [0.1, 0.15) is 65.0 Å². The monoisotopic (exact) mass is 269 g/mol. The molecule has 0 bridgehead atoms. The molecule has 1 aliphatic carbocycles. The molecule has 1 aliphatic rings. The first kappa shape index (κ1) is 13.4. The van der Waals surface area contributed by atoms with E-state index >= 15 is 0 Å². The summed E-state index contributed by atoms with van der Waals surface area (Å²) in [7, 11) is 0. The molecule has 0 radical (unpaired) electrons. The van der Waals surface area contributed by atoms with Crippen LogP contribution in [0.3, 0.4) is 0 Å². The molecule has 106 valence electrons. The number of nitrogens with two attached hydrogens (primary N) is 1. The maximum absolute atomic E-state index is 6.50. The van der Waals surface area contributed by atoms with Gasteiger partial charge in [0.1, 0.15) is 11.5 Å². The number of rotatable bonds is 3. The lowest BCUT2D eigenvalue weighted by atomic mass is 9.79. The first-order valence-electron chi connectivity index (χ1n) is 7.50. The zero-order valence-electron chi connectivity index (χ0n) is 12.6. The molecule has 1 saturated carbocycles. The zero-order chi connectivity index (χ0) is 14.3. The van der Waals surface area contributed by atoms with E-state index < -0.39 is 0 Å². The van der Waals surface area contributed by atoms with Crippen LogP contribution in [-0.2, 0) is 0 Å². The summed E-state index contributed by atoms with van der Waals surface area (Å²) in [5.41, 5.74) is 11.5. The van der Waals surface area contributed by atoms with E-state index in [9.17, 15) is 0 Å². The summed E-state index contributed by atoms with van der Waals surface area (Å²) in [6, 6.07) is 8.71. The molecule has 2 aromatic rings. The Morgan fingerprint density at radius 1 is 1.15 bits per heavy atom. The van der Waals surface area contributed by atoms with Crippen LogP contribution in [-0.4, -0.2) is 0 Å². The fraction of sp³-hybridized carbons (Fsp3) is 0.444. The van der Waals surface area contributed by atoms with Gasteiger partial charge in [-0.2, -0.15) is 0 Å². The van der Waals surface area contributed by atoms with Crippen molar-refractivity contribution >= 4 is 0 Å². The molecular weight excluding hydrogens is 246 g/mol. The van der Waals surface area contributed by atoms with Crippen molar-refractivity contribution in [3.05, 3.63) is 58.0 Å². The average molecular weight is 269 g/mol. The zero-order valence-corrected chi connectivity index (χ0v) is 12.6. The first-order valence-corrected chi connectivity index (χ1v) is 7.50. The van der Waals surface area contributed by atoms with E-state index in [0.717, 1.165) is 23.0 Å². The standard InChI is InChI=1S/C18H23NO/c1-11-12(2)20-13(3)17(11)18(19)16-9-5-8-15(10-16)14-6-4-7-14/h5,8-10,14,18H,4,6-7,19H2,1-3H3. The van der Waals surface area contributed by atoms with Crippen molar-refractivity contribution in [2.45, 2.75) is 52.0 Å². The summed E-state index contributed by atoms with van der Waals surface area (Å²) >= 11 is 0. The van der Waals surface area contributed by atoms with E-state index in [1.54, 1.807) is 0 Å². The van der Waals surface area contributed by atoms with Gasteiger partial charge in [0.15, 0.2) is 0 Å². The van der Waals surface area contributed by atoms with Gasteiger partial charge in [-0.05, 0) is 56.2 Å². The lowest BCUT2D eigenvalue weighted by molar-refractivity contribution is 0.419. The van der Waals surface area contributed by atoms with Crippen molar-refractivity contribution in [1.29, 1.82) is 0 Å². The van der Waals surface area contributed by atoms with Gasteiger partial charge in [-0.3, -0.25) is 0 Å². The largest absolute Gasteiger partial charge is 0.466 e. The second kappa shape index (κ2) is 5.10. The molecule has 0 spiro atoms. The molecule has 0 saturated heterocycles. The molecule has 1 fully saturated rings. The molecule has 2 nitrogen and oxygen atoms in total. The predicted octanol–water partition coefficient (Wildman–Crippen LogP) is 4.52. The van der Waals surface area contributed by atoms with Crippen LogP contribution in [0.2, 0.25) is 0 Å². The lowest BCUT2D eigenvalue weighted by Gasteiger charge is -2.26. The minimum absolute atomic E-state index is 0.0903. The van der Waals surface area contributed by atoms with Gasteiger partial charge in [0.05, 0.1) is 6.04 Å². The third-order valence-electron chi connectivity index (χ3n) is 4.77. The third-order valence-corrected chi connectivity index (χ3v) is 4.77. The molecule has 3 rings (SSSR count). The molecule has 0 amide bonds. The summed E-state index contributed by atoms with van der Waals surface area (Å²) < 4.78 is 5.72. The summed E-state index contributed by atoms with van der Waals surface area (Å²) in [5, 5.41) is 0. The third kappa shape index (κ3) is 2.18. The number of hydrogen-bond donors (Lipinski definition) is 1. The molecule has 20 heavy (non-hydrogen) atoms. The second-order valence-electron chi connectivity index (χ2n) is 6.03. The highest BCUT2D eigenvalue weighted by atomic mass is 16.3. The van der Waals surface area contributed by atoms with Crippen molar-refractivity contribution in [1.82, 2.24) is 0 Å². The smallest absolute Gasteiger partial charge is 0.106 e. The Kier molecular flexibility index (Phi) is 3.43. The minimum Gasteiger partial charge on any atom is -0.466 e. The van der Waals surface area contributed by atoms with E-state index in [4.69, 9.17) is 10.2 Å². The van der Waals surface area contributed by atoms with Crippen LogP contribution >= 0.6 is 0 Å². The minimum atomic E-state index is -0.0903. The molecule has 1 aromatic heterocycles. The van der Waals surface area contributed by atoms with E-state index in [1.165, 1.54) is 36.0 Å². The highest BCUT2D eigenvalue weighted by Crippen LogP contribution is 2.38. The fourth-order valence-electron chi connectivity index (χ4n) is 3.18. The van der Waals surface area contributed by atoms with Gasteiger partial charge in [0.2, 0.25) is 0 Å². The Bertz CT molecular complexity index is 622. The molecule has 1 heterocycles. The second-order valence-corrected chi connectivity index (χ2v) is 6.03. The normalized spacial score (nSPS) is 17.0. The summed E-state index contributed by atoms with van der Waals surface area (Å²) in [6.45, 7) is 6.10. The summed E-state index contributed by atoms with van der Waals surface area (Å²) in [6.07, 6.45) is 4.00. The van der Waals surface area contributed by atoms with Gasteiger partial charge in [-0.15, -0.1) is 0 Å². The van der Waals surface area contributed by atoms with Gasteiger partial charge in [0, 0.05) is 5.56 Å². The van der Waals surface area contributed by atoms with Crippen LogP contribution in [0.4, 0.5) is 0 Å². The van der Waals surface area contributed by atoms with E-state index in [0.29, 0.717) is 0 Å². The Labute approximate surface area is 121 Å². The summed E-state index contributed by atoms with van der Waals surface area (Å²) in [4.78, 5) is 0. The van der Waals surface area contributed by atoms with Gasteiger partial charge < -0.3 is 10.2 Å². The van der Waals surface area contributed by atoms with Crippen LogP contribution in [0.15, 0.2) is 28.7 Å². The number of aryl methyl sites for hydroxylation is 2. The number of hydrogen-bond acceptors (Lipinski definition) is 2. The molecule has 1 aromatic carbocycles. The lowest BCUT2D eigenvalue weighted by Crippen LogP contribution is -2.15. The quantitative estimate of drug-likeness (QED) is 0.889.